The summed E-state index contributed by atoms with van der Waals surface area (Å²) in [6.07, 6.45) is 3.56. The van der Waals surface area contributed by atoms with Crippen LogP contribution in [0, 0.1) is 17.5 Å². The van der Waals surface area contributed by atoms with Crippen molar-refractivity contribution in [1.29, 1.82) is 0 Å². The van der Waals surface area contributed by atoms with E-state index >= 15 is 0 Å². The normalized spacial score (nSPS) is 11.2. The van der Waals surface area contributed by atoms with Crippen LogP contribution in [-0.2, 0) is 32.7 Å². The number of alkyl halides is 3. The Morgan fingerprint density at radius 3 is 1.42 bits per heavy atom. The Hall–Kier alpha value is -7.92. The van der Waals surface area contributed by atoms with Crippen LogP contribution < -0.4 is 20.7 Å². The minimum Gasteiger partial charge on any atom is -0.489 e. The average Bonchev–Trinajstić information content (AvgIpc) is 4.10. The number of thioether (sulfide) groups is 1. The van der Waals surface area contributed by atoms with E-state index in [1.807, 2.05) is 54.6 Å². The molecular formula is C54H46F6N6O4S. The van der Waals surface area contributed by atoms with E-state index in [2.05, 4.69) is 62.6 Å². The molecule has 0 aliphatic rings. The third kappa shape index (κ3) is 14.3. The molecule has 0 unspecified atom stereocenters. The lowest BCUT2D eigenvalue weighted by molar-refractivity contribution is -0.0328. The number of nitrogens with zero attached hydrogens (tertiary/aromatic N) is 3. The van der Waals surface area contributed by atoms with E-state index in [0.29, 0.717) is 65.8 Å². The summed E-state index contributed by atoms with van der Waals surface area (Å²) in [5, 5.41) is 23.4. The van der Waals surface area contributed by atoms with Crippen LogP contribution in [0.4, 0.5) is 43.8 Å². The Bertz CT molecular complexity index is 3270. The molecule has 0 amide bonds. The number of ether oxygens (including phenoxy) is 1. The van der Waals surface area contributed by atoms with Crippen LogP contribution in [0.2, 0.25) is 0 Å². The van der Waals surface area contributed by atoms with Crippen molar-refractivity contribution in [3.63, 3.8) is 0 Å². The highest BCUT2D eigenvalue weighted by atomic mass is 32.2. The van der Waals surface area contributed by atoms with Crippen LogP contribution in [0.1, 0.15) is 47.6 Å². The molecule has 364 valence electrons. The van der Waals surface area contributed by atoms with Gasteiger partial charge in [-0.2, -0.15) is 13.2 Å². The minimum atomic E-state index is -4.30. The predicted octanol–water partition coefficient (Wildman–Crippen LogP) is 15.3. The maximum atomic E-state index is 13.2. The van der Waals surface area contributed by atoms with E-state index in [9.17, 15) is 26.3 Å². The molecule has 10 rings (SSSR count). The fourth-order valence-electron chi connectivity index (χ4n) is 7.17. The van der Waals surface area contributed by atoms with E-state index in [1.165, 1.54) is 72.5 Å². The molecule has 0 fully saturated rings. The quantitative estimate of drug-likeness (QED) is 0.0633. The maximum Gasteiger partial charge on any atom is 0.446 e. The summed E-state index contributed by atoms with van der Waals surface area (Å²) >= 11 is -0.155. The second-order valence-corrected chi connectivity index (χ2v) is 17.2. The van der Waals surface area contributed by atoms with Gasteiger partial charge in [-0.3, -0.25) is 0 Å². The van der Waals surface area contributed by atoms with Crippen LogP contribution in [0.3, 0.4) is 0 Å². The van der Waals surface area contributed by atoms with E-state index in [1.54, 1.807) is 30.3 Å². The lowest BCUT2D eigenvalue weighted by Gasteiger charge is -2.09. The summed E-state index contributed by atoms with van der Waals surface area (Å²) < 4.78 is 97.3. The number of hydrogen-bond donors (Lipinski definition) is 3. The first-order valence-corrected chi connectivity index (χ1v) is 23.3. The summed E-state index contributed by atoms with van der Waals surface area (Å²) in [5.41, 5.74) is 2.41. The smallest absolute Gasteiger partial charge is 0.446 e. The Balaban J connectivity index is 0.000000143. The lowest BCUT2D eigenvalue weighted by Crippen LogP contribution is -2.01. The molecule has 7 aromatic carbocycles. The molecule has 0 aliphatic carbocycles. The van der Waals surface area contributed by atoms with Gasteiger partial charge >= 0.3 is 5.51 Å². The maximum absolute atomic E-state index is 13.2. The summed E-state index contributed by atoms with van der Waals surface area (Å²) in [6.45, 7) is 4.30. The molecular weight excluding hydrogens is 943 g/mol. The van der Waals surface area contributed by atoms with E-state index in [0.717, 1.165) is 39.6 Å². The van der Waals surface area contributed by atoms with Gasteiger partial charge in [0.2, 0.25) is 0 Å². The fraction of sp³-hybridized carbons (Fsp3) is 0.167. The van der Waals surface area contributed by atoms with Crippen molar-refractivity contribution in [2.75, 3.05) is 16.0 Å². The van der Waals surface area contributed by atoms with Crippen LogP contribution >= 0.6 is 11.8 Å². The molecule has 3 N–H and O–H groups in total. The van der Waals surface area contributed by atoms with Crippen molar-refractivity contribution in [2.45, 2.75) is 62.8 Å². The van der Waals surface area contributed by atoms with Crippen molar-refractivity contribution in [3.8, 4) is 5.75 Å². The average molecular weight is 989 g/mol. The first-order valence-electron chi connectivity index (χ1n) is 22.5. The monoisotopic (exact) mass is 988 g/mol. The van der Waals surface area contributed by atoms with Gasteiger partial charge in [-0.05, 0) is 113 Å². The van der Waals surface area contributed by atoms with Gasteiger partial charge in [0.05, 0.1) is 16.2 Å². The largest absolute Gasteiger partial charge is 0.489 e. The predicted molar refractivity (Wildman–Crippen MR) is 265 cm³/mol. The Morgan fingerprint density at radius 2 is 0.944 bits per heavy atom. The number of fused-ring (bicyclic) bond motifs is 3. The number of benzene rings is 7. The van der Waals surface area contributed by atoms with Crippen molar-refractivity contribution < 1.29 is 44.6 Å². The summed E-state index contributed by atoms with van der Waals surface area (Å²) in [5.74, 6) is 1.41. The Morgan fingerprint density at radius 1 is 0.493 bits per heavy atom. The minimum absolute atomic E-state index is 0.128. The van der Waals surface area contributed by atoms with Gasteiger partial charge in [-0.15, -0.1) is 0 Å². The Labute approximate surface area is 408 Å². The van der Waals surface area contributed by atoms with Gasteiger partial charge in [0.25, 0.3) is 0 Å². The van der Waals surface area contributed by atoms with Gasteiger partial charge < -0.3 is 34.3 Å². The molecule has 3 heterocycles. The van der Waals surface area contributed by atoms with Crippen molar-refractivity contribution in [1.82, 2.24) is 15.5 Å². The SMILES string of the molecule is CCCCc1ccc(CNc2noc3cc(F)ccc23)cc1.Fc1ccc2c(NCc3ccc(SC(F)(F)F)cc3)noc2c1.Fc1ccc2c(NCc3cccc(OCc4ccccc4)c3)noc2c1. The topological polar surface area (TPSA) is 123 Å². The van der Waals surface area contributed by atoms with E-state index in [4.69, 9.17) is 18.3 Å². The fourth-order valence-corrected chi connectivity index (χ4v) is 7.71. The standard InChI is InChI=1S/C21H17FN2O2.C18H19FN2O.C15H10F4N2OS/c22-17-9-10-19-20(12-17)26-24-21(19)23-13-16-7-4-8-18(11-16)25-14-15-5-2-1-3-6-15;1-2-3-4-13-5-7-14(8-6-13)12-20-18-16-10-9-15(19)11-17(16)22-21-18;16-10-3-6-12-13(7-10)22-21-14(12)20-8-9-1-4-11(5-2-9)23-15(17,18)19/h1-12H,13-14H2,(H,23,24);5-11H,2-4,12H2,1H3,(H,20,21);1-7H,8H2,(H,20,21). The van der Waals surface area contributed by atoms with Gasteiger partial charge in [0.15, 0.2) is 34.2 Å². The molecule has 0 saturated heterocycles. The van der Waals surface area contributed by atoms with Crippen LogP contribution in [-0.4, -0.2) is 21.0 Å². The number of unbranched alkanes of at least 4 members (excludes halogenated alkanes) is 1. The third-order valence-corrected chi connectivity index (χ3v) is 11.6. The molecule has 0 bridgehead atoms. The van der Waals surface area contributed by atoms with E-state index in [-0.39, 0.29) is 28.3 Å². The van der Waals surface area contributed by atoms with Gasteiger partial charge in [-0.1, -0.05) is 108 Å². The second-order valence-electron chi connectivity index (χ2n) is 16.1. The van der Waals surface area contributed by atoms with Gasteiger partial charge in [-0.25, -0.2) is 13.2 Å². The highest BCUT2D eigenvalue weighted by molar-refractivity contribution is 8.00. The zero-order chi connectivity index (χ0) is 49.6. The first-order chi connectivity index (χ1) is 34.4. The highest BCUT2D eigenvalue weighted by Crippen LogP contribution is 2.37. The molecule has 71 heavy (non-hydrogen) atoms. The van der Waals surface area contributed by atoms with Crippen molar-refractivity contribution in [3.05, 3.63) is 203 Å². The van der Waals surface area contributed by atoms with Crippen molar-refractivity contribution in [2.24, 2.45) is 0 Å². The summed E-state index contributed by atoms with van der Waals surface area (Å²) in [7, 11) is 0. The van der Waals surface area contributed by atoms with Gasteiger partial charge in [0.1, 0.15) is 29.8 Å². The number of rotatable bonds is 16. The van der Waals surface area contributed by atoms with Crippen LogP contribution in [0.15, 0.2) is 176 Å². The lowest BCUT2D eigenvalue weighted by atomic mass is 10.1. The number of aryl methyl sites for hydroxylation is 1. The molecule has 0 spiro atoms. The molecule has 0 atom stereocenters. The molecule has 3 aromatic heterocycles. The third-order valence-electron chi connectivity index (χ3n) is 10.8. The van der Waals surface area contributed by atoms with Gasteiger partial charge in [0, 0.05) is 42.7 Å². The number of hydrogen-bond acceptors (Lipinski definition) is 11. The zero-order valence-corrected chi connectivity index (χ0v) is 38.9. The van der Waals surface area contributed by atoms with Crippen LogP contribution in [0.5, 0.6) is 5.75 Å². The summed E-state index contributed by atoms with van der Waals surface area (Å²) in [4.78, 5) is 0.128. The molecule has 0 aliphatic heterocycles. The van der Waals surface area contributed by atoms with Crippen LogP contribution in [0.25, 0.3) is 32.9 Å². The van der Waals surface area contributed by atoms with Crippen molar-refractivity contribution >= 4 is 62.1 Å². The number of aromatic nitrogens is 3. The molecule has 0 radical (unpaired) electrons. The van der Waals surface area contributed by atoms with E-state index < -0.39 is 11.3 Å². The first kappa shape index (κ1) is 49.5. The molecule has 17 heteroatoms. The number of halogens is 6. The number of nitrogens with one attached hydrogen (secondary N) is 3. The molecule has 10 aromatic rings. The Kier molecular flexibility index (Phi) is 16.4. The molecule has 0 saturated carbocycles. The number of anilines is 3. The zero-order valence-electron chi connectivity index (χ0n) is 38.1. The second kappa shape index (κ2) is 23.6. The highest BCUT2D eigenvalue weighted by Gasteiger charge is 2.29. The summed E-state index contributed by atoms with van der Waals surface area (Å²) in [6, 6.07) is 45.4. The molecule has 10 nitrogen and oxygen atoms in total.